The Morgan fingerprint density at radius 1 is 0.676 bits per heavy atom. The van der Waals surface area contributed by atoms with E-state index in [2.05, 4.69) is 135 Å². The summed E-state index contributed by atoms with van der Waals surface area (Å²) in [7, 11) is -2.03. The van der Waals surface area contributed by atoms with Crippen molar-refractivity contribution in [3.05, 3.63) is 127 Å². The average molecular weight is 465 g/mol. The van der Waals surface area contributed by atoms with Gasteiger partial charge in [-0.3, -0.25) is 0 Å². The molecule has 4 aromatic rings. The molecule has 1 aliphatic rings. The summed E-state index contributed by atoms with van der Waals surface area (Å²) in [6, 6.07) is 43.8. The fraction of sp³-hybridized carbons (Fsp3) is 0.194. The van der Waals surface area contributed by atoms with Gasteiger partial charge in [0, 0.05) is 12.3 Å². The molecule has 5 rings (SSSR count). The first kappa shape index (κ1) is 22.6. The van der Waals surface area contributed by atoms with E-state index in [1.807, 2.05) is 0 Å². The lowest BCUT2D eigenvalue weighted by Crippen LogP contribution is -2.40. The van der Waals surface area contributed by atoms with Crippen LogP contribution in [0.5, 0.6) is 0 Å². The molecule has 0 saturated heterocycles. The van der Waals surface area contributed by atoms with Crippen LogP contribution in [0.2, 0.25) is 0 Å². The van der Waals surface area contributed by atoms with Gasteiger partial charge in [0.2, 0.25) is 0 Å². The number of rotatable bonds is 6. The predicted octanol–water partition coefficient (Wildman–Crippen LogP) is 6.32. The van der Waals surface area contributed by atoms with E-state index in [0.717, 1.165) is 18.3 Å². The largest absolute Gasteiger partial charge is 0.390 e. The lowest BCUT2D eigenvalue weighted by molar-refractivity contribution is -0.0328. The van der Waals surface area contributed by atoms with Crippen LogP contribution >= 0.6 is 7.26 Å². The van der Waals surface area contributed by atoms with Gasteiger partial charge in [-0.25, -0.2) is 0 Å². The molecule has 170 valence electrons. The third-order valence-electron chi connectivity index (χ3n) is 6.70. The summed E-state index contributed by atoms with van der Waals surface area (Å²) < 4.78 is 0. The molecule has 0 fully saturated rings. The van der Waals surface area contributed by atoms with Crippen molar-refractivity contribution in [3.8, 4) is 0 Å². The molecule has 1 aliphatic heterocycles. The van der Waals surface area contributed by atoms with Crippen LogP contribution in [0.15, 0.2) is 126 Å². The highest BCUT2D eigenvalue weighted by Crippen LogP contribution is 2.56. The van der Waals surface area contributed by atoms with Crippen molar-refractivity contribution in [2.24, 2.45) is 5.16 Å². The van der Waals surface area contributed by atoms with Gasteiger partial charge in [0.25, 0.3) is 0 Å². The number of hydrogen-bond donors (Lipinski definition) is 0. The number of nitrogens with zero attached hydrogens (tertiary/aromatic N) is 1. The van der Waals surface area contributed by atoms with Gasteiger partial charge in [-0.05, 0) is 55.8 Å². The second kappa shape index (κ2) is 9.57. The Hall–Kier alpha value is -3.22. The topological polar surface area (TPSA) is 21.6 Å². The molecule has 0 spiro atoms. The van der Waals surface area contributed by atoms with Crippen LogP contribution in [0.4, 0.5) is 0 Å². The number of benzene rings is 4. The van der Waals surface area contributed by atoms with E-state index in [1.54, 1.807) is 0 Å². The van der Waals surface area contributed by atoms with Crippen LogP contribution < -0.4 is 15.9 Å². The van der Waals surface area contributed by atoms with Crippen molar-refractivity contribution in [2.45, 2.75) is 31.8 Å². The zero-order valence-corrected chi connectivity index (χ0v) is 20.7. The van der Waals surface area contributed by atoms with Crippen LogP contribution in [0.3, 0.4) is 0 Å². The van der Waals surface area contributed by atoms with Crippen molar-refractivity contribution < 1.29 is 4.84 Å². The minimum atomic E-state index is -2.03. The first-order chi connectivity index (χ1) is 16.6. The number of hydrogen-bond acceptors (Lipinski definition) is 2. The molecule has 1 unspecified atom stereocenters. The van der Waals surface area contributed by atoms with Crippen molar-refractivity contribution in [1.82, 2.24) is 0 Å². The van der Waals surface area contributed by atoms with Gasteiger partial charge in [-0.1, -0.05) is 90.1 Å². The van der Waals surface area contributed by atoms with Gasteiger partial charge >= 0.3 is 0 Å². The minimum absolute atomic E-state index is 0.223. The molecule has 34 heavy (non-hydrogen) atoms. The maximum Gasteiger partial charge on any atom is 0.133 e. The lowest BCUT2D eigenvalue weighted by atomic mass is 9.84. The van der Waals surface area contributed by atoms with Gasteiger partial charge in [-0.2, -0.15) is 0 Å². The molecule has 1 heterocycles. The molecule has 0 radical (unpaired) electrons. The molecule has 0 aromatic heterocycles. The Morgan fingerprint density at radius 2 is 1.09 bits per heavy atom. The van der Waals surface area contributed by atoms with E-state index < -0.39 is 7.26 Å². The van der Waals surface area contributed by atoms with Crippen molar-refractivity contribution in [3.63, 3.8) is 0 Å². The van der Waals surface area contributed by atoms with E-state index in [-0.39, 0.29) is 11.5 Å². The van der Waals surface area contributed by atoms with E-state index in [4.69, 9.17) is 9.99 Å². The predicted molar refractivity (Wildman–Crippen MR) is 146 cm³/mol. The molecule has 1 atom stereocenters. The van der Waals surface area contributed by atoms with Crippen molar-refractivity contribution in [2.75, 3.05) is 6.16 Å². The summed E-state index contributed by atoms with van der Waals surface area (Å²) in [5.74, 6) is 0.223. The van der Waals surface area contributed by atoms with Gasteiger partial charge in [-0.15, -0.1) is 0 Å². The monoisotopic (exact) mass is 464 g/mol. The second-order valence-electron chi connectivity index (χ2n) is 9.58. The van der Waals surface area contributed by atoms with Crippen LogP contribution in [0.1, 0.15) is 31.7 Å². The van der Waals surface area contributed by atoms with Crippen LogP contribution in [-0.4, -0.2) is 17.5 Å². The van der Waals surface area contributed by atoms with Gasteiger partial charge in [0.15, 0.2) is 0 Å². The first-order valence-electron chi connectivity index (χ1n) is 11.9. The molecular weight excluding hydrogens is 433 g/mol. The van der Waals surface area contributed by atoms with E-state index in [1.165, 1.54) is 21.5 Å². The summed E-state index contributed by atoms with van der Waals surface area (Å²) >= 11 is 0. The first-order valence-corrected chi connectivity index (χ1v) is 13.9. The highest BCUT2D eigenvalue weighted by Gasteiger charge is 2.49. The van der Waals surface area contributed by atoms with Crippen molar-refractivity contribution >= 4 is 28.9 Å². The summed E-state index contributed by atoms with van der Waals surface area (Å²) in [6.07, 6.45) is 1.76. The molecule has 0 aliphatic carbocycles. The van der Waals surface area contributed by atoms with E-state index >= 15 is 0 Å². The minimum Gasteiger partial charge on any atom is -0.390 e. The molecule has 0 amide bonds. The Morgan fingerprint density at radius 3 is 1.53 bits per heavy atom. The maximum atomic E-state index is 6.09. The number of oxime groups is 1. The maximum absolute atomic E-state index is 6.09. The van der Waals surface area contributed by atoms with Crippen LogP contribution in [0.25, 0.3) is 0 Å². The smallest absolute Gasteiger partial charge is 0.133 e. The van der Waals surface area contributed by atoms with E-state index in [9.17, 15) is 0 Å². The lowest BCUT2D eigenvalue weighted by Gasteiger charge is -2.36. The highest BCUT2D eigenvalue weighted by atomic mass is 31.2. The molecule has 0 bridgehead atoms. The van der Waals surface area contributed by atoms with Gasteiger partial charge in [0.05, 0.1) is 0 Å². The van der Waals surface area contributed by atoms with E-state index in [0.29, 0.717) is 0 Å². The van der Waals surface area contributed by atoms with Crippen LogP contribution in [0, 0.1) is 0 Å². The third-order valence-corrected chi connectivity index (χ3v) is 11.0. The third kappa shape index (κ3) is 4.43. The Kier molecular flexibility index (Phi) is 6.35. The average Bonchev–Trinajstić information content (AvgIpc) is 2.90. The molecule has 0 N–H and O–H groups in total. The Balaban J connectivity index is 1.72. The fourth-order valence-corrected chi connectivity index (χ4v) is 9.29. The quantitative estimate of drug-likeness (QED) is 0.306. The van der Waals surface area contributed by atoms with Crippen LogP contribution in [-0.2, 0) is 4.84 Å². The zero-order chi connectivity index (χ0) is 23.4. The molecule has 4 aromatic carbocycles. The zero-order valence-electron chi connectivity index (χ0n) is 19.8. The highest BCUT2D eigenvalue weighted by molar-refractivity contribution is 7.96. The molecular formula is C31H31NOP+. The molecule has 0 saturated carbocycles. The molecule has 2 nitrogen and oxygen atoms in total. The SMILES string of the molecule is CC1(C)CC(c2ccccc2)C(C[P+](c2ccccc2)(c2ccccc2)c2ccccc2)=NO1. The Labute approximate surface area is 203 Å². The summed E-state index contributed by atoms with van der Waals surface area (Å²) in [4.78, 5) is 6.09. The summed E-state index contributed by atoms with van der Waals surface area (Å²) in [5.41, 5.74) is 2.15. The Bertz CT molecular complexity index is 1140. The van der Waals surface area contributed by atoms with Gasteiger partial charge < -0.3 is 4.84 Å². The standard InChI is InChI=1S/C31H31NOP/c1-31(2)23-29(25-15-7-3-8-16-25)30(32-33-31)24-34(26-17-9-4-10-18-26,27-19-11-5-12-20-27)28-21-13-6-14-22-28/h3-22,29H,23-24H2,1-2H3/q+1. The summed E-state index contributed by atoms with van der Waals surface area (Å²) in [5, 5.41) is 8.95. The fourth-order valence-electron chi connectivity index (χ4n) is 5.04. The van der Waals surface area contributed by atoms with Crippen molar-refractivity contribution in [1.29, 1.82) is 0 Å². The second-order valence-corrected chi connectivity index (χ2v) is 13.1. The van der Waals surface area contributed by atoms with Gasteiger partial charge in [0.1, 0.15) is 40.7 Å². The normalized spacial score (nSPS) is 17.5. The summed E-state index contributed by atoms with van der Waals surface area (Å²) in [6.45, 7) is 4.27. The molecule has 3 heteroatoms.